The maximum absolute atomic E-state index is 2.22. The highest BCUT2D eigenvalue weighted by molar-refractivity contribution is 4.31. The van der Waals surface area contributed by atoms with Crippen molar-refractivity contribution in [3.63, 3.8) is 0 Å². The lowest BCUT2D eigenvalue weighted by atomic mass is 10.3. The van der Waals surface area contributed by atoms with Gasteiger partial charge in [-0.05, 0) is 13.8 Å². The third kappa shape index (κ3) is 4.09. The lowest BCUT2D eigenvalue weighted by Crippen LogP contribution is -2.41. The molecule has 0 rings (SSSR count). The molecule has 0 aromatic carbocycles. The van der Waals surface area contributed by atoms with Gasteiger partial charge in [-0.15, -0.1) is 0 Å². The Balaban J connectivity index is 0. The molecule has 0 bridgehead atoms. The van der Waals surface area contributed by atoms with Crippen molar-refractivity contribution < 1.29 is 9.96 Å². The first-order valence-corrected chi connectivity index (χ1v) is 2.75. The summed E-state index contributed by atoms with van der Waals surface area (Å²) in [5.74, 6) is 0. The van der Waals surface area contributed by atoms with Gasteiger partial charge in [0.1, 0.15) is 0 Å². The first-order chi connectivity index (χ1) is 2.94. The van der Waals surface area contributed by atoms with Gasteiger partial charge in [-0.3, -0.25) is 0 Å². The van der Waals surface area contributed by atoms with Crippen molar-refractivity contribution >= 4 is 0 Å². The summed E-state index contributed by atoms with van der Waals surface area (Å²) >= 11 is 0. The van der Waals surface area contributed by atoms with Crippen molar-refractivity contribution in [1.29, 1.82) is 0 Å². The van der Waals surface area contributed by atoms with Crippen LogP contribution in [0.1, 0.15) is 13.8 Å². The smallest absolute Gasteiger partial charge is 0.0827 e. The summed E-state index contributed by atoms with van der Waals surface area (Å²) in [6.07, 6.45) is 0. The highest BCUT2D eigenvalue weighted by Gasteiger charge is 2.10. The van der Waals surface area contributed by atoms with Crippen molar-refractivity contribution in [2.75, 3.05) is 21.1 Å². The van der Waals surface area contributed by atoms with Crippen LogP contribution in [0.25, 0.3) is 0 Å². The summed E-state index contributed by atoms with van der Waals surface area (Å²) < 4.78 is 1.06. The molecule has 0 heterocycles. The number of hydrogen-bond acceptors (Lipinski definition) is 0. The molecule has 0 saturated carbocycles. The molecule has 0 radical (unpaired) electrons. The van der Waals surface area contributed by atoms with E-state index in [0.29, 0.717) is 0 Å². The Kier molecular flexibility index (Phi) is 4.12. The SMILES string of the molecule is CC(C)[N+](C)(C)C.O. The fraction of sp³-hybridized carbons (Fsp3) is 1.00. The molecule has 0 amide bonds. The highest BCUT2D eigenvalue weighted by Crippen LogP contribution is 1.97. The minimum absolute atomic E-state index is 0. The zero-order valence-electron chi connectivity index (χ0n) is 6.52. The van der Waals surface area contributed by atoms with Gasteiger partial charge in [0.05, 0.1) is 27.2 Å². The average molecular weight is 120 g/mol. The van der Waals surface area contributed by atoms with Gasteiger partial charge in [-0.2, -0.15) is 0 Å². The second kappa shape index (κ2) is 3.05. The molecule has 2 heteroatoms. The van der Waals surface area contributed by atoms with Crippen LogP contribution in [0, 0.1) is 0 Å². The van der Waals surface area contributed by atoms with Crippen molar-refractivity contribution in [2.24, 2.45) is 0 Å². The third-order valence-corrected chi connectivity index (χ3v) is 1.55. The molecule has 0 atom stereocenters. The minimum Gasteiger partial charge on any atom is -0.412 e. The maximum Gasteiger partial charge on any atom is 0.0827 e. The molecule has 0 spiro atoms. The second-order valence-corrected chi connectivity index (χ2v) is 3.21. The van der Waals surface area contributed by atoms with Crippen LogP contribution in [0.5, 0.6) is 0 Å². The zero-order valence-corrected chi connectivity index (χ0v) is 6.52. The zero-order chi connectivity index (χ0) is 6.08. The van der Waals surface area contributed by atoms with E-state index in [2.05, 4.69) is 35.0 Å². The normalized spacial score (nSPS) is 11.2. The van der Waals surface area contributed by atoms with Crippen LogP contribution in [0.3, 0.4) is 0 Å². The van der Waals surface area contributed by atoms with Crippen molar-refractivity contribution in [3.8, 4) is 0 Å². The third-order valence-electron chi connectivity index (χ3n) is 1.55. The Morgan fingerprint density at radius 2 is 1.12 bits per heavy atom. The Morgan fingerprint density at radius 1 is 1.00 bits per heavy atom. The van der Waals surface area contributed by atoms with E-state index in [1.165, 1.54) is 0 Å². The topological polar surface area (TPSA) is 31.5 Å². The van der Waals surface area contributed by atoms with E-state index in [1.807, 2.05) is 0 Å². The van der Waals surface area contributed by atoms with E-state index in [0.717, 1.165) is 10.5 Å². The molecule has 0 aromatic heterocycles. The molecule has 0 aliphatic rings. The van der Waals surface area contributed by atoms with Crippen LogP contribution < -0.4 is 0 Å². The van der Waals surface area contributed by atoms with Gasteiger partial charge in [-0.1, -0.05) is 0 Å². The van der Waals surface area contributed by atoms with Crippen LogP contribution in [0.4, 0.5) is 0 Å². The number of hydrogen-bond donors (Lipinski definition) is 0. The van der Waals surface area contributed by atoms with E-state index >= 15 is 0 Å². The lowest BCUT2D eigenvalue weighted by Gasteiger charge is -2.28. The van der Waals surface area contributed by atoms with E-state index in [4.69, 9.17) is 0 Å². The molecule has 0 fully saturated rings. The van der Waals surface area contributed by atoms with Crippen LogP contribution >= 0.6 is 0 Å². The van der Waals surface area contributed by atoms with Gasteiger partial charge in [0.25, 0.3) is 0 Å². The Morgan fingerprint density at radius 3 is 1.12 bits per heavy atom. The predicted molar refractivity (Wildman–Crippen MR) is 36.8 cm³/mol. The monoisotopic (exact) mass is 120 g/mol. The summed E-state index contributed by atoms with van der Waals surface area (Å²) in [5, 5.41) is 0. The van der Waals surface area contributed by atoms with Gasteiger partial charge in [-0.25, -0.2) is 0 Å². The number of nitrogens with zero attached hydrogens (tertiary/aromatic N) is 1. The molecule has 2 nitrogen and oxygen atoms in total. The fourth-order valence-corrected chi connectivity index (χ4v) is 0. The van der Waals surface area contributed by atoms with Crippen LogP contribution in [0.15, 0.2) is 0 Å². The molecule has 8 heavy (non-hydrogen) atoms. The predicted octanol–water partition coefficient (Wildman–Crippen LogP) is 0.276. The Labute approximate surface area is 52.0 Å². The molecule has 0 aliphatic carbocycles. The van der Waals surface area contributed by atoms with Gasteiger partial charge in [0.15, 0.2) is 0 Å². The van der Waals surface area contributed by atoms with Crippen molar-refractivity contribution in [1.82, 2.24) is 0 Å². The molecule has 0 unspecified atom stereocenters. The minimum atomic E-state index is 0. The molecule has 52 valence electrons. The summed E-state index contributed by atoms with van der Waals surface area (Å²) in [6, 6.07) is 0.736. The largest absolute Gasteiger partial charge is 0.412 e. The fourth-order valence-electron chi connectivity index (χ4n) is 0. The van der Waals surface area contributed by atoms with E-state index in [9.17, 15) is 0 Å². The van der Waals surface area contributed by atoms with Gasteiger partial charge >= 0.3 is 0 Å². The first kappa shape index (κ1) is 10.8. The number of rotatable bonds is 1. The standard InChI is InChI=1S/C6H16N.H2O/c1-6(2)7(3,4)5;/h6H,1-5H3;1H2/q+1;. The second-order valence-electron chi connectivity index (χ2n) is 3.21. The van der Waals surface area contributed by atoms with E-state index in [-0.39, 0.29) is 5.48 Å². The summed E-state index contributed by atoms with van der Waals surface area (Å²) in [5.41, 5.74) is 0. The van der Waals surface area contributed by atoms with E-state index in [1.54, 1.807) is 0 Å². The summed E-state index contributed by atoms with van der Waals surface area (Å²) in [4.78, 5) is 0. The number of quaternary nitrogens is 1. The van der Waals surface area contributed by atoms with Gasteiger partial charge in [0, 0.05) is 0 Å². The van der Waals surface area contributed by atoms with Crippen LogP contribution in [-0.2, 0) is 0 Å². The van der Waals surface area contributed by atoms with E-state index < -0.39 is 0 Å². The Bertz CT molecular complexity index is 54.0. The van der Waals surface area contributed by atoms with Crippen molar-refractivity contribution in [3.05, 3.63) is 0 Å². The highest BCUT2D eigenvalue weighted by atomic mass is 16.0. The van der Waals surface area contributed by atoms with Gasteiger partial charge < -0.3 is 9.96 Å². The molecular weight excluding hydrogens is 102 g/mol. The lowest BCUT2D eigenvalue weighted by molar-refractivity contribution is -0.891. The van der Waals surface area contributed by atoms with Crippen molar-refractivity contribution in [2.45, 2.75) is 19.9 Å². The molecule has 2 N–H and O–H groups in total. The summed E-state index contributed by atoms with van der Waals surface area (Å²) in [6.45, 7) is 4.44. The first-order valence-electron chi connectivity index (χ1n) is 2.75. The molecule has 0 aromatic rings. The molecule has 0 saturated heterocycles. The average Bonchev–Trinajstić information content (AvgIpc) is 1.31. The summed E-state index contributed by atoms with van der Waals surface area (Å²) in [7, 11) is 6.60. The quantitative estimate of drug-likeness (QED) is 0.445. The molecule has 0 aliphatic heterocycles. The van der Waals surface area contributed by atoms with Crippen LogP contribution in [0.2, 0.25) is 0 Å². The Hall–Kier alpha value is -0.0800. The molecular formula is C6H18NO+. The van der Waals surface area contributed by atoms with Gasteiger partial charge in [0.2, 0.25) is 0 Å². The maximum atomic E-state index is 2.22. The van der Waals surface area contributed by atoms with Crippen LogP contribution in [-0.4, -0.2) is 37.1 Å².